The molecule has 0 nitrogen and oxygen atoms in total. The Balaban J connectivity index is 4.09. The standard InChI is InChI=1S/C8F14/c9-3(10)1(5(13,14)15)2(6(16,17)18)4(11,12)8(21,22)7(3,19)20. The van der Waals surface area contributed by atoms with Crippen LogP contribution in [0.5, 0.6) is 0 Å². The first kappa shape index (κ1) is 18.8. The van der Waals surface area contributed by atoms with E-state index in [9.17, 15) is 61.5 Å². The van der Waals surface area contributed by atoms with Gasteiger partial charge in [-0.25, -0.2) is 0 Å². The van der Waals surface area contributed by atoms with Crippen LogP contribution in [0, 0.1) is 0 Å². The van der Waals surface area contributed by atoms with Gasteiger partial charge in [-0.3, -0.25) is 0 Å². The maximum Gasteiger partial charge on any atom is 0.419 e. The Labute approximate surface area is 110 Å². The first-order chi connectivity index (χ1) is 9.24. The topological polar surface area (TPSA) is 0 Å². The average Bonchev–Trinajstić information content (AvgIpc) is 2.19. The quantitative estimate of drug-likeness (QED) is 0.422. The Morgan fingerprint density at radius 2 is 0.636 bits per heavy atom. The fourth-order valence-corrected chi connectivity index (χ4v) is 1.66. The molecule has 0 spiro atoms. The third-order valence-electron chi connectivity index (χ3n) is 2.63. The molecule has 0 aromatic heterocycles. The van der Waals surface area contributed by atoms with E-state index in [1.54, 1.807) is 0 Å². The molecule has 0 atom stereocenters. The fourth-order valence-electron chi connectivity index (χ4n) is 1.66. The van der Waals surface area contributed by atoms with Crippen LogP contribution >= 0.6 is 0 Å². The summed E-state index contributed by atoms with van der Waals surface area (Å²) in [7, 11) is 0. The van der Waals surface area contributed by atoms with Crippen molar-refractivity contribution < 1.29 is 61.5 Å². The van der Waals surface area contributed by atoms with Crippen molar-refractivity contribution in [3.05, 3.63) is 11.1 Å². The van der Waals surface area contributed by atoms with Gasteiger partial charge >= 0.3 is 36.0 Å². The molecule has 0 saturated heterocycles. The third kappa shape index (κ3) is 2.05. The molecule has 22 heavy (non-hydrogen) atoms. The highest BCUT2D eigenvalue weighted by atomic mass is 19.4. The molecule has 0 aromatic carbocycles. The summed E-state index contributed by atoms with van der Waals surface area (Å²) in [6, 6.07) is 0. The zero-order valence-corrected chi connectivity index (χ0v) is 9.29. The van der Waals surface area contributed by atoms with Gasteiger partial charge in [0.15, 0.2) is 0 Å². The molecule has 0 bridgehead atoms. The maximum absolute atomic E-state index is 12.9. The largest absolute Gasteiger partial charge is 0.419 e. The minimum Gasteiger partial charge on any atom is -0.194 e. The van der Waals surface area contributed by atoms with Gasteiger partial charge in [0.2, 0.25) is 0 Å². The number of halogens is 14. The Morgan fingerprint density at radius 1 is 0.455 bits per heavy atom. The first-order valence-corrected chi connectivity index (χ1v) is 4.65. The van der Waals surface area contributed by atoms with E-state index in [0.717, 1.165) is 0 Å². The first-order valence-electron chi connectivity index (χ1n) is 4.65. The second kappa shape index (κ2) is 4.19. The molecule has 0 unspecified atom stereocenters. The number of hydrogen-bond acceptors (Lipinski definition) is 0. The maximum atomic E-state index is 12.9. The molecule has 130 valence electrons. The van der Waals surface area contributed by atoms with Crippen LogP contribution < -0.4 is 0 Å². The molecule has 0 radical (unpaired) electrons. The molecular formula is C8F14. The summed E-state index contributed by atoms with van der Waals surface area (Å²) in [4.78, 5) is 0. The van der Waals surface area contributed by atoms with Crippen LogP contribution in [0.25, 0.3) is 0 Å². The van der Waals surface area contributed by atoms with E-state index in [-0.39, 0.29) is 0 Å². The van der Waals surface area contributed by atoms with Crippen molar-refractivity contribution in [2.75, 3.05) is 0 Å². The number of alkyl halides is 14. The van der Waals surface area contributed by atoms with Crippen LogP contribution in [0.4, 0.5) is 61.5 Å². The van der Waals surface area contributed by atoms with Crippen LogP contribution in [0.2, 0.25) is 0 Å². The van der Waals surface area contributed by atoms with Gasteiger partial charge in [0.1, 0.15) is 11.1 Å². The summed E-state index contributed by atoms with van der Waals surface area (Å²) < 4.78 is 176. The van der Waals surface area contributed by atoms with E-state index in [2.05, 4.69) is 0 Å². The van der Waals surface area contributed by atoms with Crippen molar-refractivity contribution >= 4 is 0 Å². The van der Waals surface area contributed by atoms with Gasteiger partial charge in [-0.15, -0.1) is 0 Å². The van der Waals surface area contributed by atoms with E-state index >= 15 is 0 Å². The molecule has 0 saturated carbocycles. The van der Waals surface area contributed by atoms with Crippen molar-refractivity contribution in [2.24, 2.45) is 0 Å². The van der Waals surface area contributed by atoms with Gasteiger partial charge in [-0.2, -0.15) is 61.5 Å². The zero-order valence-electron chi connectivity index (χ0n) is 9.29. The summed E-state index contributed by atoms with van der Waals surface area (Å²) >= 11 is 0. The molecule has 1 aliphatic rings. The smallest absolute Gasteiger partial charge is 0.194 e. The predicted octanol–water partition coefficient (Wildman–Crippen LogP) is 4.96. The Hall–Kier alpha value is -1.24. The lowest BCUT2D eigenvalue weighted by Gasteiger charge is -2.44. The normalized spacial score (nSPS) is 27.0. The molecule has 0 fully saturated rings. The summed E-state index contributed by atoms with van der Waals surface area (Å²) in [6.07, 6.45) is -14.1. The SMILES string of the molecule is FC(F)(F)C1=C(C(F)(F)F)C(F)(F)C(F)(F)C(F)(F)C1(F)F. The third-order valence-corrected chi connectivity index (χ3v) is 2.63. The minimum absolute atomic E-state index is 4.76. The zero-order chi connectivity index (χ0) is 18.2. The van der Waals surface area contributed by atoms with Crippen molar-refractivity contribution in [3.63, 3.8) is 0 Å². The van der Waals surface area contributed by atoms with Crippen LogP contribution in [0.3, 0.4) is 0 Å². The van der Waals surface area contributed by atoms with Crippen LogP contribution in [0.1, 0.15) is 0 Å². The highest BCUT2D eigenvalue weighted by Crippen LogP contribution is 2.66. The lowest BCUT2D eigenvalue weighted by atomic mass is 9.79. The van der Waals surface area contributed by atoms with E-state index < -0.39 is 47.2 Å². The van der Waals surface area contributed by atoms with Gasteiger partial charge in [-0.1, -0.05) is 0 Å². The molecule has 0 heterocycles. The highest BCUT2D eigenvalue weighted by Gasteiger charge is 2.90. The monoisotopic (exact) mass is 362 g/mol. The Kier molecular flexibility index (Phi) is 3.58. The van der Waals surface area contributed by atoms with Gasteiger partial charge in [-0.05, 0) is 0 Å². The van der Waals surface area contributed by atoms with E-state index in [1.165, 1.54) is 0 Å². The van der Waals surface area contributed by atoms with E-state index in [0.29, 0.717) is 0 Å². The predicted molar refractivity (Wildman–Crippen MR) is 38.9 cm³/mol. The lowest BCUT2D eigenvalue weighted by Crippen LogP contribution is -2.69. The Bertz CT molecular complexity index is 454. The second-order valence-corrected chi connectivity index (χ2v) is 4.04. The molecule has 0 N–H and O–H groups in total. The molecule has 1 aliphatic carbocycles. The minimum atomic E-state index is -7.41. The number of rotatable bonds is 0. The summed E-state index contributed by atoms with van der Waals surface area (Å²) in [5, 5.41) is 0. The molecule has 0 aliphatic heterocycles. The number of hydrogen-bond donors (Lipinski definition) is 0. The molecule has 14 heteroatoms. The highest BCUT2D eigenvalue weighted by molar-refractivity contribution is 5.43. The second-order valence-electron chi connectivity index (χ2n) is 4.04. The lowest BCUT2D eigenvalue weighted by molar-refractivity contribution is -0.375. The van der Waals surface area contributed by atoms with Crippen molar-refractivity contribution in [1.29, 1.82) is 0 Å². The van der Waals surface area contributed by atoms with E-state index in [1.807, 2.05) is 0 Å². The Morgan fingerprint density at radius 3 is 0.773 bits per heavy atom. The van der Waals surface area contributed by atoms with Gasteiger partial charge in [0.05, 0.1) is 0 Å². The van der Waals surface area contributed by atoms with Crippen LogP contribution in [0.15, 0.2) is 11.1 Å². The summed E-state index contributed by atoms with van der Waals surface area (Å²) in [5.74, 6) is -29.3. The fraction of sp³-hybridized carbons (Fsp3) is 0.750. The molecular weight excluding hydrogens is 362 g/mol. The number of allylic oxidation sites excluding steroid dienone is 2. The van der Waals surface area contributed by atoms with Crippen LogP contribution in [-0.4, -0.2) is 36.0 Å². The van der Waals surface area contributed by atoms with Gasteiger partial charge < -0.3 is 0 Å². The molecule has 0 aromatic rings. The van der Waals surface area contributed by atoms with E-state index in [4.69, 9.17) is 0 Å². The van der Waals surface area contributed by atoms with Crippen LogP contribution in [-0.2, 0) is 0 Å². The summed E-state index contributed by atoms with van der Waals surface area (Å²) in [6.45, 7) is 0. The average molecular weight is 362 g/mol. The van der Waals surface area contributed by atoms with Gasteiger partial charge in [0, 0.05) is 0 Å². The van der Waals surface area contributed by atoms with Crippen molar-refractivity contribution in [1.82, 2.24) is 0 Å². The van der Waals surface area contributed by atoms with Crippen molar-refractivity contribution in [2.45, 2.75) is 36.0 Å². The summed E-state index contributed by atoms with van der Waals surface area (Å²) in [5.41, 5.74) is -9.51. The van der Waals surface area contributed by atoms with Gasteiger partial charge in [0.25, 0.3) is 0 Å². The van der Waals surface area contributed by atoms with Crippen molar-refractivity contribution in [3.8, 4) is 0 Å². The molecule has 0 amide bonds. The molecule has 1 rings (SSSR count).